The SMILES string of the molecule is O=C(CC1C(=O)Nc2nc(-c3ccccc3)nn21)NCCc1ccccc1. The molecule has 136 valence electrons. The maximum Gasteiger partial charge on any atom is 0.252 e. The van der Waals surface area contributed by atoms with Gasteiger partial charge in [-0.15, -0.1) is 5.10 Å². The van der Waals surface area contributed by atoms with Gasteiger partial charge >= 0.3 is 0 Å². The van der Waals surface area contributed by atoms with Gasteiger partial charge < -0.3 is 5.32 Å². The first-order valence-electron chi connectivity index (χ1n) is 8.84. The van der Waals surface area contributed by atoms with E-state index in [1.165, 1.54) is 4.68 Å². The minimum absolute atomic E-state index is 0.0329. The average Bonchev–Trinajstić information content (AvgIpc) is 3.22. The summed E-state index contributed by atoms with van der Waals surface area (Å²) in [6.45, 7) is 0.524. The molecule has 0 aliphatic carbocycles. The second-order valence-corrected chi connectivity index (χ2v) is 6.36. The number of rotatable bonds is 6. The van der Waals surface area contributed by atoms with Gasteiger partial charge in [-0.05, 0) is 12.0 Å². The van der Waals surface area contributed by atoms with Crippen LogP contribution in [0.3, 0.4) is 0 Å². The molecule has 0 radical (unpaired) electrons. The molecular weight excluding hydrogens is 342 g/mol. The summed E-state index contributed by atoms with van der Waals surface area (Å²) in [4.78, 5) is 28.8. The van der Waals surface area contributed by atoms with E-state index in [4.69, 9.17) is 0 Å². The first-order valence-corrected chi connectivity index (χ1v) is 8.84. The lowest BCUT2D eigenvalue weighted by Crippen LogP contribution is -2.30. The summed E-state index contributed by atoms with van der Waals surface area (Å²) in [6, 6.07) is 18.8. The molecule has 0 bridgehead atoms. The molecule has 1 atom stereocenters. The molecule has 1 aliphatic rings. The number of carbonyl (C=O) groups excluding carboxylic acids is 2. The van der Waals surface area contributed by atoms with Crippen LogP contribution in [0.2, 0.25) is 0 Å². The summed E-state index contributed by atoms with van der Waals surface area (Å²) in [7, 11) is 0. The van der Waals surface area contributed by atoms with Crippen molar-refractivity contribution in [1.29, 1.82) is 0 Å². The first kappa shape index (κ1) is 17.0. The van der Waals surface area contributed by atoms with Gasteiger partial charge in [-0.3, -0.25) is 14.9 Å². The van der Waals surface area contributed by atoms with E-state index in [0.717, 1.165) is 17.5 Å². The fourth-order valence-corrected chi connectivity index (χ4v) is 3.06. The Morgan fingerprint density at radius 3 is 2.52 bits per heavy atom. The Morgan fingerprint density at radius 2 is 1.78 bits per heavy atom. The van der Waals surface area contributed by atoms with Gasteiger partial charge in [0.25, 0.3) is 5.91 Å². The summed E-state index contributed by atoms with van der Waals surface area (Å²) in [5, 5.41) is 9.98. The van der Waals surface area contributed by atoms with E-state index in [1.54, 1.807) is 0 Å². The van der Waals surface area contributed by atoms with Crippen LogP contribution in [0.1, 0.15) is 18.0 Å². The zero-order valence-corrected chi connectivity index (χ0v) is 14.6. The van der Waals surface area contributed by atoms with Crippen LogP contribution in [0.15, 0.2) is 60.7 Å². The molecule has 0 fully saturated rings. The van der Waals surface area contributed by atoms with Gasteiger partial charge in [0, 0.05) is 12.1 Å². The molecule has 0 spiro atoms. The molecule has 1 unspecified atom stereocenters. The molecule has 27 heavy (non-hydrogen) atoms. The minimum Gasteiger partial charge on any atom is -0.356 e. The molecule has 7 nitrogen and oxygen atoms in total. The van der Waals surface area contributed by atoms with Crippen molar-refractivity contribution in [3.63, 3.8) is 0 Å². The highest BCUT2D eigenvalue weighted by atomic mass is 16.2. The van der Waals surface area contributed by atoms with Crippen LogP contribution < -0.4 is 10.6 Å². The standard InChI is InChI=1S/C20H19N5O2/c26-17(21-12-11-14-7-3-1-4-8-14)13-16-19(27)23-20-22-18(24-25(16)20)15-9-5-2-6-10-15/h1-10,16H,11-13H2,(H,21,26)(H,22,23,24,27). The second kappa shape index (κ2) is 7.41. The summed E-state index contributed by atoms with van der Waals surface area (Å²) in [6.07, 6.45) is 0.779. The number of amides is 2. The van der Waals surface area contributed by atoms with Crippen molar-refractivity contribution in [1.82, 2.24) is 20.1 Å². The van der Waals surface area contributed by atoms with Gasteiger partial charge in [-0.1, -0.05) is 60.7 Å². The maximum atomic E-state index is 12.3. The third-order valence-electron chi connectivity index (χ3n) is 4.45. The van der Waals surface area contributed by atoms with Crippen LogP contribution in [0, 0.1) is 0 Å². The lowest BCUT2D eigenvalue weighted by Gasteiger charge is -2.10. The Labute approximate surface area is 156 Å². The predicted octanol–water partition coefficient (Wildman–Crippen LogP) is 2.19. The molecule has 1 aromatic heterocycles. The minimum atomic E-state index is -0.679. The smallest absolute Gasteiger partial charge is 0.252 e. The first-order chi connectivity index (χ1) is 13.2. The summed E-state index contributed by atoms with van der Waals surface area (Å²) >= 11 is 0. The third-order valence-corrected chi connectivity index (χ3v) is 4.45. The van der Waals surface area contributed by atoms with E-state index in [2.05, 4.69) is 20.7 Å². The molecular formula is C20H19N5O2. The number of fused-ring (bicyclic) bond motifs is 1. The highest BCUT2D eigenvalue weighted by Crippen LogP contribution is 2.27. The van der Waals surface area contributed by atoms with Crippen LogP contribution in [-0.2, 0) is 16.0 Å². The normalized spacial score (nSPS) is 15.3. The van der Waals surface area contributed by atoms with E-state index >= 15 is 0 Å². The summed E-state index contributed by atoms with van der Waals surface area (Å²) in [5.74, 6) is 0.458. The van der Waals surface area contributed by atoms with Crippen LogP contribution in [-0.4, -0.2) is 33.1 Å². The lowest BCUT2D eigenvalue weighted by molar-refractivity contribution is -0.126. The molecule has 2 aromatic carbocycles. The number of nitrogens with zero attached hydrogens (tertiary/aromatic N) is 3. The van der Waals surface area contributed by atoms with E-state index in [0.29, 0.717) is 18.3 Å². The van der Waals surface area contributed by atoms with Gasteiger partial charge in [0.15, 0.2) is 5.82 Å². The zero-order chi connectivity index (χ0) is 18.6. The van der Waals surface area contributed by atoms with Gasteiger partial charge in [0.2, 0.25) is 11.9 Å². The highest BCUT2D eigenvalue weighted by molar-refractivity contribution is 5.98. The van der Waals surface area contributed by atoms with E-state index in [1.807, 2.05) is 60.7 Å². The van der Waals surface area contributed by atoms with E-state index < -0.39 is 6.04 Å². The van der Waals surface area contributed by atoms with E-state index in [-0.39, 0.29) is 18.2 Å². The Kier molecular flexibility index (Phi) is 4.65. The molecule has 7 heteroatoms. The molecule has 2 N–H and O–H groups in total. The van der Waals surface area contributed by atoms with Crippen LogP contribution in [0.4, 0.5) is 5.95 Å². The Hall–Kier alpha value is -3.48. The van der Waals surface area contributed by atoms with Crippen LogP contribution >= 0.6 is 0 Å². The van der Waals surface area contributed by atoms with Crippen molar-refractivity contribution >= 4 is 17.8 Å². The summed E-state index contributed by atoms with van der Waals surface area (Å²) < 4.78 is 1.50. The molecule has 2 amide bonds. The highest BCUT2D eigenvalue weighted by Gasteiger charge is 2.35. The molecule has 3 aromatic rings. The molecule has 4 rings (SSSR count). The fourth-order valence-electron chi connectivity index (χ4n) is 3.06. The number of benzene rings is 2. The van der Waals surface area contributed by atoms with Crippen molar-refractivity contribution in [2.75, 3.05) is 11.9 Å². The van der Waals surface area contributed by atoms with E-state index in [9.17, 15) is 9.59 Å². The monoisotopic (exact) mass is 361 g/mol. The zero-order valence-electron chi connectivity index (χ0n) is 14.6. The van der Waals surface area contributed by atoms with Crippen molar-refractivity contribution in [2.24, 2.45) is 0 Å². The summed E-state index contributed by atoms with van der Waals surface area (Å²) in [5.41, 5.74) is 2.02. The molecule has 1 aliphatic heterocycles. The van der Waals surface area contributed by atoms with Gasteiger partial charge in [0.1, 0.15) is 6.04 Å². The molecule has 2 heterocycles. The Balaban J connectivity index is 1.39. The van der Waals surface area contributed by atoms with Crippen molar-refractivity contribution in [3.8, 4) is 11.4 Å². The number of aromatic nitrogens is 3. The fraction of sp³-hybridized carbons (Fsp3) is 0.200. The Bertz CT molecular complexity index is 953. The quantitative estimate of drug-likeness (QED) is 0.704. The lowest BCUT2D eigenvalue weighted by atomic mass is 10.1. The van der Waals surface area contributed by atoms with Crippen LogP contribution in [0.5, 0.6) is 0 Å². The molecule has 0 saturated heterocycles. The van der Waals surface area contributed by atoms with Crippen LogP contribution in [0.25, 0.3) is 11.4 Å². The number of anilines is 1. The van der Waals surface area contributed by atoms with Crippen molar-refractivity contribution < 1.29 is 9.59 Å². The number of nitrogens with one attached hydrogen (secondary N) is 2. The number of hydrogen-bond donors (Lipinski definition) is 2. The topological polar surface area (TPSA) is 88.9 Å². The van der Waals surface area contributed by atoms with Crippen molar-refractivity contribution in [3.05, 3.63) is 66.2 Å². The third kappa shape index (κ3) is 3.72. The maximum absolute atomic E-state index is 12.3. The Morgan fingerprint density at radius 1 is 1.07 bits per heavy atom. The van der Waals surface area contributed by atoms with Gasteiger partial charge in [-0.25, -0.2) is 4.68 Å². The predicted molar refractivity (Wildman–Crippen MR) is 101 cm³/mol. The van der Waals surface area contributed by atoms with Crippen molar-refractivity contribution in [2.45, 2.75) is 18.9 Å². The second-order valence-electron chi connectivity index (χ2n) is 6.36. The van der Waals surface area contributed by atoms with Gasteiger partial charge in [-0.2, -0.15) is 4.98 Å². The molecule has 0 saturated carbocycles. The largest absolute Gasteiger partial charge is 0.356 e. The number of hydrogen-bond acceptors (Lipinski definition) is 4. The number of carbonyl (C=O) groups is 2. The van der Waals surface area contributed by atoms with Gasteiger partial charge in [0.05, 0.1) is 6.42 Å². The average molecular weight is 361 g/mol.